The van der Waals surface area contributed by atoms with Gasteiger partial charge in [0.2, 0.25) is 5.91 Å². The number of carbonyl (C=O) groups excluding carboxylic acids is 2. The summed E-state index contributed by atoms with van der Waals surface area (Å²) in [5.41, 5.74) is 0. The minimum Gasteiger partial charge on any atom is -0.394 e. The predicted octanol–water partition coefficient (Wildman–Crippen LogP) is -1.36. The molecule has 2 saturated heterocycles. The maximum absolute atomic E-state index is 11.6. The third-order valence-corrected chi connectivity index (χ3v) is 3.14. The fourth-order valence-corrected chi connectivity index (χ4v) is 2.08. The molecule has 2 fully saturated rings. The minimum absolute atomic E-state index is 0.250. The maximum atomic E-state index is 11.6. The van der Waals surface area contributed by atoms with E-state index in [1.165, 1.54) is 4.90 Å². The highest BCUT2D eigenvalue weighted by Gasteiger charge is 2.41. The smallest absolute Gasteiger partial charge is 0.326 e. The largest absolute Gasteiger partial charge is 0.394 e. The van der Waals surface area contributed by atoms with Crippen molar-refractivity contribution in [2.45, 2.75) is 31.8 Å². The van der Waals surface area contributed by atoms with Crippen LogP contribution in [0.3, 0.4) is 0 Å². The first-order chi connectivity index (χ1) is 8.02. The summed E-state index contributed by atoms with van der Waals surface area (Å²) in [6, 6.07) is -0.510. The number of hydrogen-bond donors (Lipinski definition) is 3. The Kier molecular flexibility index (Phi) is 3.32. The summed E-state index contributed by atoms with van der Waals surface area (Å²) >= 11 is 0. The van der Waals surface area contributed by atoms with Crippen molar-refractivity contribution in [2.24, 2.45) is 5.92 Å². The van der Waals surface area contributed by atoms with Gasteiger partial charge in [0.25, 0.3) is 0 Å². The Morgan fingerprint density at radius 3 is 2.82 bits per heavy atom. The van der Waals surface area contributed by atoms with Crippen LogP contribution in [0.1, 0.15) is 13.3 Å². The first-order valence-corrected chi connectivity index (χ1v) is 5.58. The average molecular weight is 244 g/mol. The quantitative estimate of drug-likeness (QED) is 0.557. The molecule has 96 valence electrons. The molecule has 0 bridgehead atoms. The predicted molar refractivity (Wildman–Crippen MR) is 55.8 cm³/mol. The molecule has 2 rings (SSSR count). The van der Waals surface area contributed by atoms with Gasteiger partial charge in [-0.05, 0) is 0 Å². The summed E-state index contributed by atoms with van der Waals surface area (Å²) in [5.74, 6) is -0.606. The minimum atomic E-state index is -0.786. The summed E-state index contributed by atoms with van der Waals surface area (Å²) in [7, 11) is 0. The van der Waals surface area contributed by atoms with Crippen molar-refractivity contribution in [3.63, 3.8) is 0 Å². The van der Waals surface area contributed by atoms with Crippen molar-refractivity contribution >= 4 is 11.9 Å². The number of nitrogens with zero attached hydrogens (tertiary/aromatic N) is 1. The summed E-state index contributed by atoms with van der Waals surface area (Å²) < 4.78 is 5.37. The van der Waals surface area contributed by atoms with Crippen molar-refractivity contribution < 1.29 is 24.5 Å². The van der Waals surface area contributed by atoms with Crippen LogP contribution in [0.15, 0.2) is 0 Å². The van der Waals surface area contributed by atoms with Gasteiger partial charge >= 0.3 is 6.03 Å². The van der Waals surface area contributed by atoms with Crippen LogP contribution in [-0.4, -0.2) is 58.6 Å². The van der Waals surface area contributed by atoms with Crippen LogP contribution in [0.25, 0.3) is 0 Å². The molecule has 0 radical (unpaired) electrons. The Balaban J connectivity index is 2.03. The number of carbonyl (C=O) groups is 2. The molecule has 7 nitrogen and oxygen atoms in total. The molecule has 0 aromatic heterocycles. The lowest BCUT2D eigenvalue weighted by molar-refractivity contribution is -0.128. The second-order valence-corrected chi connectivity index (χ2v) is 4.46. The van der Waals surface area contributed by atoms with Crippen molar-refractivity contribution in [3.05, 3.63) is 0 Å². The Morgan fingerprint density at radius 1 is 1.53 bits per heavy atom. The van der Waals surface area contributed by atoms with Crippen LogP contribution in [0.4, 0.5) is 4.79 Å². The summed E-state index contributed by atoms with van der Waals surface area (Å²) in [5, 5.41) is 20.8. The summed E-state index contributed by atoms with van der Waals surface area (Å²) in [4.78, 5) is 24.2. The number of rotatable bonds is 2. The van der Waals surface area contributed by atoms with E-state index in [-0.39, 0.29) is 31.4 Å². The van der Waals surface area contributed by atoms with Crippen LogP contribution in [0.5, 0.6) is 0 Å². The zero-order chi connectivity index (χ0) is 12.6. The van der Waals surface area contributed by atoms with Crippen molar-refractivity contribution in [1.82, 2.24) is 10.2 Å². The fourth-order valence-electron chi connectivity index (χ4n) is 2.08. The molecule has 3 amide bonds. The van der Waals surface area contributed by atoms with E-state index < -0.39 is 24.5 Å². The monoisotopic (exact) mass is 244 g/mol. The van der Waals surface area contributed by atoms with Crippen LogP contribution in [0, 0.1) is 5.92 Å². The number of nitrogens with one attached hydrogen (secondary N) is 1. The van der Waals surface area contributed by atoms with Crippen LogP contribution in [0.2, 0.25) is 0 Å². The Bertz CT molecular complexity index is 335. The number of aliphatic hydroxyl groups excluding tert-OH is 2. The van der Waals surface area contributed by atoms with Gasteiger partial charge in [-0.2, -0.15) is 0 Å². The van der Waals surface area contributed by atoms with Crippen molar-refractivity contribution in [1.29, 1.82) is 0 Å². The second-order valence-electron chi connectivity index (χ2n) is 4.46. The zero-order valence-corrected chi connectivity index (χ0v) is 9.50. The maximum Gasteiger partial charge on any atom is 0.326 e. The molecule has 0 aliphatic carbocycles. The Labute approximate surface area is 98.3 Å². The molecule has 4 atom stereocenters. The zero-order valence-electron chi connectivity index (χ0n) is 9.50. The van der Waals surface area contributed by atoms with Crippen molar-refractivity contribution in [3.8, 4) is 0 Å². The normalized spacial score (nSPS) is 38.4. The molecule has 0 aromatic rings. The standard InChI is InChI=1S/C10H16N2O5/c1-5-3-12(10(16)11-9(5)15)8-2-6(14)7(4-13)17-8/h5-8,13-14H,2-4H2,1H3,(H,11,15,16)/t5-,6-,7-,8-/m0/s1. The van der Waals surface area contributed by atoms with E-state index in [1.807, 2.05) is 0 Å². The SMILES string of the molecule is C[C@H]1CN([C@@H]2C[C@H](O)[C@H](CO)O2)C(=O)NC1=O. The lowest BCUT2D eigenvalue weighted by Gasteiger charge is -2.34. The molecular formula is C10H16N2O5. The molecule has 2 heterocycles. The molecule has 2 aliphatic heterocycles. The lowest BCUT2D eigenvalue weighted by atomic mass is 10.1. The first-order valence-electron chi connectivity index (χ1n) is 5.58. The van der Waals surface area contributed by atoms with Gasteiger partial charge in [0.05, 0.1) is 18.6 Å². The Morgan fingerprint density at radius 2 is 2.24 bits per heavy atom. The van der Waals surface area contributed by atoms with Gasteiger partial charge in [0.15, 0.2) is 0 Å². The highest BCUT2D eigenvalue weighted by molar-refractivity contribution is 5.97. The van der Waals surface area contributed by atoms with Crippen molar-refractivity contribution in [2.75, 3.05) is 13.2 Å². The van der Waals surface area contributed by atoms with Gasteiger partial charge in [-0.15, -0.1) is 0 Å². The van der Waals surface area contributed by atoms with E-state index in [4.69, 9.17) is 9.84 Å². The van der Waals surface area contributed by atoms with Gasteiger partial charge in [0.1, 0.15) is 12.3 Å². The van der Waals surface area contributed by atoms with Crippen LogP contribution >= 0.6 is 0 Å². The molecule has 3 N–H and O–H groups in total. The molecule has 0 aromatic carbocycles. The molecule has 0 spiro atoms. The van der Waals surface area contributed by atoms with E-state index in [2.05, 4.69) is 5.32 Å². The van der Waals surface area contributed by atoms with Gasteiger partial charge < -0.3 is 14.9 Å². The molecular weight excluding hydrogens is 228 g/mol. The van der Waals surface area contributed by atoms with Crippen LogP contribution < -0.4 is 5.32 Å². The highest BCUT2D eigenvalue weighted by atomic mass is 16.5. The Hall–Kier alpha value is -1.18. The van der Waals surface area contributed by atoms with Gasteiger partial charge in [-0.25, -0.2) is 4.79 Å². The third kappa shape index (κ3) is 2.26. The number of ether oxygens (including phenoxy) is 1. The van der Waals surface area contributed by atoms with Gasteiger partial charge in [0, 0.05) is 13.0 Å². The number of urea groups is 1. The van der Waals surface area contributed by atoms with Gasteiger partial charge in [-0.1, -0.05) is 6.92 Å². The summed E-state index contributed by atoms with van der Waals surface area (Å²) in [6.45, 7) is 1.69. The topological polar surface area (TPSA) is 99.1 Å². The highest BCUT2D eigenvalue weighted by Crippen LogP contribution is 2.25. The van der Waals surface area contributed by atoms with E-state index >= 15 is 0 Å². The van der Waals surface area contributed by atoms with E-state index in [1.54, 1.807) is 6.92 Å². The number of aliphatic hydroxyl groups is 2. The first kappa shape index (κ1) is 12.3. The average Bonchev–Trinajstić information content (AvgIpc) is 2.65. The van der Waals surface area contributed by atoms with Gasteiger partial charge in [-0.3, -0.25) is 15.0 Å². The molecule has 0 unspecified atom stereocenters. The summed E-state index contributed by atoms with van der Waals surface area (Å²) in [6.07, 6.45) is -1.79. The molecule has 17 heavy (non-hydrogen) atoms. The number of amides is 3. The van der Waals surface area contributed by atoms with Crippen LogP contribution in [-0.2, 0) is 9.53 Å². The fraction of sp³-hybridized carbons (Fsp3) is 0.800. The van der Waals surface area contributed by atoms with E-state index in [0.717, 1.165) is 0 Å². The molecule has 2 aliphatic rings. The van der Waals surface area contributed by atoms with E-state index in [9.17, 15) is 14.7 Å². The lowest BCUT2D eigenvalue weighted by Crippen LogP contribution is -2.57. The second kappa shape index (κ2) is 4.59. The molecule has 0 saturated carbocycles. The number of imide groups is 1. The number of hydrogen-bond acceptors (Lipinski definition) is 5. The van der Waals surface area contributed by atoms with E-state index in [0.29, 0.717) is 0 Å². The molecule has 7 heteroatoms. The third-order valence-electron chi connectivity index (χ3n) is 3.14.